The Morgan fingerprint density at radius 1 is 1.16 bits per heavy atom. The lowest BCUT2D eigenvalue weighted by atomic mass is 9.90. The van der Waals surface area contributed by atoms with Gasteiger partial charge in [0.25, 0.3) is 0 Å². The fourth-order valence-electron chi connectivity index (χ4n) is 2.15. The molecule has 0 fully saturated rings. The average Bonchev–Trinajstić information content (AvgIpc) is 2.66. The van der Waals surface area contributed by atoms with Crippen molar-refractivity contribution in [2.45, 2.75) is 32.7 Å². The van der Waals surface area contributed by atoms with Crippen molar-refractivity contribution in [2.24, 2.45) is 11.3 Å². The van der Waals surface area contributed by atoms with Crippen molar-refractivity contribution in [2.75, 3.05) is 52.7 Å². The van der Waals surface area contributed by atoms with E-state index in [4.69, 9.17) is 18.0 Å². The van der Waals surface area contributed by atoms with E-state index in [0.717, 1.165) is 0 Å². The average molecular weight is 399 g/mol. The number of esters is 1. The van der Waals surface area contributed by atoms with Gasteiger partial charge in [-0.15, -0.1) is 0 Å². The largest absolute Gasteiger partial charge is 0.500 e. The summed E-state index contributed by atoms with van der Waals surface area (Å²) in [6, 6.07) is 0.582. The maximum absolute atomic E-state index is 12.0. The Bertz CT molecular complexity index is 346. The number of thioether (sulfide) groups is 1. The SMILES string of the molecule is CCC(CO)(CO)CSCC(C)C(=O)OCCC[Si](OC)(OC)OC. The van der Waals surface area contributed by atoms with Crippen LogP contribution in [-0.4, -0.2) is 77.6 Å². The lowest BCUT2D eigenvalue weighted by Crippen LogP contribution is -2.42. The molecule has 0 aliphatic carbocycles. The van der Waals surface area contributed by atoms with E-state index in [-0.39, 0.29) is 25.1 Å². The minimum atomic E-state index is -2.61. The Morgan fingerprint density at radius 3 is 2.16 bits per heavy atom. The fourth-order valence-corrected chi connectivity index (χ4v) is 5.26. The number of rotatable bonds is 15. The molecule has 0 bridgehead atoms. The number of hydrogen-bond donors (Lipinski definition) is 2. The number of ether oxygens (including phenoxy) is 1. The minimum absolute atomic E-state index is 0.0596. The van der Waals surface area contributed by atoms with Crippen molar-refractivity contribution >= 4 is 26.5 Å². The monoisotopic (exact) mass is 398 g/mol. The van der Waals surface area contributed by atoms with E-state index in [0.29, 0.717) is 37.0 Å². The highest BCUT2D eigenvalue weighted by Gasteiger charge is 2.37. The summed E-state index contributed by atoms with van der Waals surface area (Å²) in [5, 5.41) is 18.9. The summed E-state index contributed by atoms with van der Waals surface area (Å²) in [5.41, 5.74) is -0.483. The molecule has 0 spiro atoms. The minimum Gasteiger partial charge on any atom is -0.465 e. The van der Waals surface area contributed by atoms with Crippen LogP contribution < -0.4 is 0 Å². The van der Waals surface area contributed by atoms with E-state index in [1.165, 1.54) is 0 Å². The molecule has 9 heteroatoms. The van der Waals surface area contributed by atoms with Gasteiger partial charge < -0.3 is 28.2 Å². The molecule has 0 aromatic heterocycles. The molecular weight excluding hydrogens is 364 g/mol. The van der Waals surface area contributed by atoms with E-state index in [9.17, 15) is 15.0 Å². The van der Waals surface area contributed by atoms with Crippen LogP contribution in [0, 0.1) is 11.3 Å². The van der Waals surface area contributed by atoms with Crippen LogP contribution in [0.2, 0.25) is 6.04 Å². The maximum atomic E-state index is 12.0. The van der Waals surface area contributed by atoms with Crippen molar-refractivity contribution in [1.82, 2.24) is 0 Å². The highest BCUT2D eigenvalue weighted by atomic mass is 32.2. The van der Waals surface area contributed by atoms with Gasteiger partial charge in [-0.25, -0.2) is 0 Å². The number of carbonyl (C=O) groups is 1. The van der Waals surface area contributed by atoms with Crippen LogP contribution in [-0.2, 0) is 22.8 Å². The molecule has 7 nitrogen and oxygen atoms in total. The molecule has 0 saturated heterocycles. The van der Waals surface area contributed by atoms with Crippen molar-refractivity contribution in [1.29, 1.82) is 0 Å². The zero-order chi connectivity index (χ0) is 19.3. The standard InChI is InChI=1S/C16H34O7SSi/c1-6-16(11-17,12-18)13-24-10-14(2)15(19)23-8-7-9-25(20-3,21-4)22-5/h14,17-18H,6-13H2,1-5H3. The predicted octanol–water partition coefficient (Wildman–Crippen LogP) is 1.55. The summed E-state index contributed by atoms with van der Waals surface area (Å²) in [4.78, 5) is 12.0. The quantitative estimate of drug-likeness (QED) is 0.244. The normalized spacial score (nSPS) is 13.7. The molecule has 0 heterocycles. The Labute approximate surface area is 156 Å². The molecule has 0 saturated carbocycles. The number of hydrogen-bond acceptors (Lipinski definition) is 8. The van der Waals surface area contributed by atoms with Crippen LogP contribution in [0.4, 0.5) is 0 Å². The van der Waals surface area contributed by atoms with Crippen molar-refractivity contribution in [3.63, 3.8) is 0 Å². The first kappa shape index (κ1) is 24.8. The molecule has 2 N–H and O–H groups in total. The van der Waals surface area contributed by atoms with Gasteiger partial charge in [0, 0.05) is 44.3 Å². The Morgan fingerprint density at radius 2 is 1.72 bits per heavy atom. The van der Waals surface area contributed by atoms with Crippen LogP contribution in [0.25, 0.3) is 0 Å². The lowest BCUT2D eigenvalue weighted by Gasteiger charge is -2.28. The summed E-state index contributed by atoms with van der Waals surface area (Å²) in [5.74, 6) is 0.707. The van der Waals surface area contributed by atoms with E-state index in [1.54, 1.807) is 33.1 Å². The molecule has 0 aliphatic heterocycles. The Balaban J connectivity index is 4.11. The molecule has 25 heavy (non-hydrogen) atoms. The first-order chi connectivity index (χ1) is 11.9. The lowest BCUT2D eigenvalue weighted by molar-refractivity contribution is -0.147. The number of aliphatic hydroxyl groups excluding tert-OH is 2. The topological polar surface area (TPSA) is 94.5 Å². The smallest absolute Gasteiger partial charge is 0.465 e. The number of carbonyl (C=O) groups excluding carboxylic acids is 1. The van der Waals surface area contributed by atoms with Gasteiger partial charge in [-0.05, 0) is 12.8 Å². The van der Waals surface area contributed by atoms with Gasteiger partial charge in [-0.2, -0.15) is 11.8 Å². The molecule has 0 aromatic carbocycles. The predicted molar refractivity (Wildman–Crippen MR) is 101 cm³/mol. The van der Waals surface area contributed by atoms with Crippen LogP contribution in [0.3, 0.4) is 0 Å². The van der Waals surface area contributed by atoms with Crippen LogP contribution >= 0.6 is 11.8 Å². The molecule has 0 rings (SSSR count). The van der Waals surface area contributed by atoms with E-state index in [1.807, 2.05) is 13.8 Å². The van der Waals surface area contributed by atoms with Gasteiger partial charge in [-0.3, -0.25) is 4.79 Å². The highest BCUT2D eigenvalue weighted by molar-refractivity contribution is 7.99. The third-order valence-electron chi connectivity index (χ3n) is 4.40. The molecule has 0 aliphatic rings. The second kappa shape index (κ2) is 13.1. The van der Waals surface area contributed by atoms with Gasteiger partial charge in [0.1, 0.15) is 0 Å². The van der Waals surface area contributed by atoms with E-state index < -0.39 is 14.2 Å². The molecule has 1 atom stereocenters. The second-order valence-electron chi connectivity index (χ2n) is 6.15. The van der Waals surface area contributed by atoms with Gasteiger partial charge >= 0.3 is 14.8 Å². The van der Waals surface area contributed by atoms with E-state index in [2.05, 4.69) is 0 Å². The van der Waals surface area contributed by atoms with Gasteiger partial charge in [-0.1, -0.05) is 13.8 Å². The third kappa shape index (κ3) is 8.38. The van der Waals surface area contributed by atoms with Crippen molar-refractivity contribution < 1.29 is 33.0 Å². The van der Waals surface area contributed by atoms with Crippen LogP contribution in [0.1, 0.15) is 26.7 Å². The maximum Gasteiger partial charge on any atom is 0.500 e. The van der Waals surface area contributed by atoms with Crippen LogP contribution in [0.15, 0.2) is 0 Å². The molecule has 150 valence electrons. The molecule has 0 aromatic rings. The molecule has 1 unspecified atom stereocenters. The summed E-state index contributed by atoms with van der Waals surface area (Å²) in [6.45, 7) is 3.93. The Kier molecular flexibility index (Phi) is 13.0. The third-order valence-corrected chi connectivity index (χ3v) is 8.79. The molecular formula is C16H34O7SSi. The zero-order valence-corrected chi connectivity index (χ0v) is 17.9. The van der Waals surface area contributed by atoms with Gasteiger partial charge in [0.05, 0.1) is 25.7 Å². The summed E-state index contributed by atoms with van der Waals surface area (Å²) < 4.78 is 21.3. The van der Waals surface area contributed by atoms with Gasteiger partial charge in [0.15, 0.2) is 0 Å². The summed E-state index contributed by atoms with van der Waals surface area (Å²) in [6.07, 6.45) is 1.30. The summed E-state index contributed by atoms with van der Waals surface area (Å²) >= 11 is 1.55. The zero-order valence-electron chi connectivity index (χ0n) is 16.1. The molecule has 0 radical (unpaired) electrons. The first-order valence-electron chi connectivity index (χ1n) is 8.49. The second-order valence-corrected chi connectivity index (χ2v) is 10.3. The fraction of sp³-hybridized carbons (Fsp3) is 0.938. The first-order valence-corrected chi connectivity index (χ1v) is 11.6. The van der Waals surface area contributed by atoms with Gasteiger partial charge in [0.2, 0.25) is 0 Å². The Hall–Kier alpha value is -0.163. The van der Waals surface area contributed by atoms with Crippen molar-refractivity contribution in [3.8, 4) is 0 Å². The van der Waals surface area contributed by atoms with E-state index >= 15 is 0 Å². The molecule has 0 amide bonds. The van der Waals surface area contributed by atoms with Crippen molar-refractivity contribution in [3.05, 3.63) is 0 Å². The number of aliphatic hydroxyl groups is 2. The summed E-state index contributed by atoms with van der Waals surface area (Å²) in [7, 11) is 2.05. The van der Waals surface area contributed by atoms with Crippen LogP contribution in [0.5, 0.6) is 0 Å². The highest BCUT2D eigenvalue weighted by Crippen LogP contribution is 2.27.